The van der Waals surface area contributed by atoms with Gasteiger partial charge in [-0.3, -0.25) is 0 Å². The molecule has 64 valence electrons. The van der Waals surface area contributed by atoms with Crippen molar-refractivity contribution >= 4 is 23.5 Å². The lowest BCUT2D eigenvalue weighted by Crippen LogP contribution is -2.23. The van der Waals surface area contributed by atoms with Crippen molar-refractivity contribution < 1.29 is 0 Å². The fourth-order valence-corrected chi connectivity index (χ4v) is 3.22. The van der Waals surface area contributed by atoms with Crippen LogP contribution in [0.3, 0.4) is 0 Å². The summed E-state index contributed by atoms with van der Waals surface area (Å²) in [6.45, 7) is 0. The first-order valence-electron chi connectivity index (χ1n) is 3.98. The fourth-order valence-electron chi connectivity index (χ4n) is 1.47. The molecule has 1 aliphatic rings. The molecular formula is C8H10N2S2. The highest BCUT2D eigenvalue weighted by Crippen LogP contribution is 2.35. The maximum Gasteiger partial charge on any atom is 0.133 e. The summed E-state index contributed by atoms with van der Waals surface area (Å²) in [7, 11) is 0. The molecule has 0 aromatic carbocycles. The van der Waals surface area contributed by atoms with Gasteiger partial charge in [0.25, 0.3) is 0 Å². The largest absolute Gasteiger partial charge is 0.185 e. The van der Waals surface area contributed by atoms with Crippen molar-refractivity contribution in [1.82, 2.24) is 0 Å². The van der Waals surface area contributed by atoms with E-state index in [1.54, 1.807) is 0 Å². The van der Waals surface area contributed by atoms with Crippen LogP contribution in [-0.2, 0) is 0 Å². The minimum absolute atomic E-state index is 0.383. The van der Waals surface area contributed by atoms with Crippen molar-refractivity contribution in [2.75, 3.05) is 0 Å². The Hall–Kier alpha value is -0.320. The van der Waals surface area contributed by atoms with Crippen molar-refractivity contribution in [2.24, 2.45) is 0 Å². The van der Waals surface area contributed by atoms with Crippen LogP contribution >= 0.6 is 23.5 Å². The van der Waals surface area contributed by atoms with Gasteiger partial charge in [-0.15, -0.1) is 0 Å². The van der Waals surface area contributed by atoms with Gasteiger partial charge in [0.15, 0.2) is 0 Å². The quantitative estimate of drug-likeness (QED) is 0.640. The first-order chi connectivity index (χ1) is 5.88. The zero-order valence-corrected chi connectivity index (χ0v) is 8.33. The normalized spacial score (nSPS) is 28.8. The number of thioether (sulfide) groups is 2. The summed E-state index contributed by atoms with van der Waals surface area (Å²) in [5, 5.41) is 22.1. The van der Waals surface area contributed by atoms with E-state index in [1.807, 2.05) is 0 Å². The molecular weight excluding hydrogens is 188 g/mol. The van der Waals surface area contributed by atoms with Crippen LogP contribution in [0.2, 0.25) is 0 Å². The van der Waals surface area contributed by atoms with Crippen LogP contribution in [-0.4, -0.2) is 10.5 Å². The second-order valence-corrected chi connectivity index (χ2v) is 4.83. The third-order valence-electron chi connectivity index (χ3n) is 2.05. The lowest BCUT2D eigenvalue weighted by atomic mass is 10.00. The van der Waals surface area contributed by atoms with E-state index in [2.05, 4.69) is 10.8 Å². The predicted octanol–water partition coefficient (Wildman–Crippen LogP) is 2.73. The van der Waals surface area contributed by atoms with Crippen LogP contribution in [0, 0.1) is 21.3 Å². The molecule has 0 aromatic heterocycles. The van der Waals surface area contributed by atoms with E-state index in [1.165, 1.54) is 36.4 Å². The zero-order chi connectivity index (χ0) is 8.81. The molecule has 4 heteroatoms. The maximum absolute atomic E-state index is 8.53. The molecule has 0 N–H and O–H groups in total. The van der Waals surface area contributed by atoms with Crippen LogP contribution < -0.4 is 0 Å². The lowest BCUT2D eigenvalue weighted by molar-refractivity contribution is 0.529. The molecule has 1 rings (SSSR count). The SMILES string of the molecule is N#CS[C@H]1CCCC[C@H]1SC#N. The van der Waals surface area contributed by atoms with Crippen LogP contribution in [0.25, 0.3) is 0 Å². The Kier molecular flexibility index (Phi) is 4.35. The van der Waals surface area contributed by atoms with Gasteiger partial charge in [0.2, 0.25) is 0 Å². The standard InChI is InChI=1S/C8H10N2S2/c9-5-11-7-3-1-2-4-8(7)12-6-10/h7-8H,1-4H2/t7-,8+. The van der Waals surface area contributed by atoms with Gasteiger partial charge in [-0.25, -0.2) is 0 Å². The monoisotopic (exact) mass is 198 g/mol. The van der Waals surface area contributed by atoms with Crippen molar-refractivity contribution in [3.05, 3.63) is 0 Å². The van der Waals surface area contributed by atoms with E-state index in [9.17, 15) is 0 Å². The highest BCUT2D eigenvalue weighted by atomic mass is 32.2. The third kappa shape index (κ3) is 2.62. The number of nitriles is 2. The predicted molar refractivity (Wildman–Crippen MR) is 52.5 cm³/mol. The number of hydrogen-bond donors (Lipinski definition) is 0. The Labute approximate surface area is 81.3 Å². The zero-order valence-electron chi connectivity index (χ0n) is 6.69. The van der Waals surface area contributed by atoms with Crippen molar-refractivity contribution in [3.8, 4) is 10.8 Å². The van der Waals surface area contributed by atoms with Gasteiger partial charge in [-0.1, -0.05) is 12.8 Å². The third-order valence-corrected chi connectivity index (χ3v) is 4.17. The molecule has 0 radical (unpaired) electrons. The Morgan fingerprint density at radius 1 is 0.917 bits per heavy atom. The molecule has 1 fully saturated rings. The van der Waals surface area contributed by atoms with Gasteiger partial charge in [-0.05, 0) is 36.4 Å². The van der Waals surface area contributed by atoms with Crippen molar-refractivity contribution in [3.63, 3.8) is 0 Å². The van der Waals surface area contributed by atoms with Crippen LogP contribution in [0.15, 0.2) is 0 Å². The average molecular weight is 198 g/mol. The molecule has 0 spiro atoms. The molecule has 0 saturated heterocycles. The molecule has 0 unspecified atom stereocenters. The number of thiocyanates is 2. The Morgan fingerprint density at radius 2 is 1.33 bits per heavy atom. The van der Waals surface area contributed by atoms with E-state index < -0.39 is 0 Å². The highest BCUT2D eigenvalue weighted by Gasteiger charge is 2.26. The summed E-state index contributed by atoms with van der Waals surface area (Å²) in [6, 6.07) is 0. The fraction of sp³-hybridized carbons (Fsp3) is 0.750. The molecule has 2 nitrogen and oxygen atoms in total. The molecule has 2 atom stereocenters. The first kappa shape index (κ1) is 9.77. The molecule has 0 heterocycles. The Balaban J connectivity index is 2.44. The van der Waals surface area contributed by atoms with Gasteiger partial charge in [-0.2, -0.15) is 10.5 Å². The minimum Gasteiger partial charge on any atom is -0.185 e. The lowest BCUT2D eigenvalue weighted by Gasteiger charge is -2.25. The van der Waals surface area contributed by atoms with Crippen molar-refractivity contribution in [2.45, 2.75) is 36.2 Å². The van der Waals surface area contributed by atoms with Gasteiger partial charge < -0.3 is 0 Å². The molecule has 0 aromatic rings. The van der Waals surface area contributed by atoms with Crippen LogP contribution in [0.4, 0.5) is 0 Å². The number of rotatable bonds is 2. The van der Waals surface area contributed by atoms with E-state index >= 15 is 0 Å². The molecule has 0 bridgehead atoms. The van der Waals surface area contributed by atoms with Crippen LogP contribution in [0.5, 0.6) is 0 Å². The van der Waals surface area contributed by atoms with Gasteiger partial charge in [0, 0.05) is 10.5 Å². The summed E-state index contributed by atoms with van der Waals surface area (Å²) >= 11 is 2.67. The summed E-state index contributed by atoms with van der Waals surface area (Å²) in [5.41, 5.74) is 0. The molecule has 0 amide bonds. The smallest absolute Gasteiger partial charge is 0.133 e. The second-order valence-electron chi connectivity index (χ2n) is 2.78. The van der Waals surface area contributed by atoms with Gasteiger partial charge >= 0.3 is 0 Å². The molecule has 1 saturated carbocycles. The first-order valence-corrected chi connectivity index (χ1v) is 5.74. The maximum atomic E-state index is 8.53. The van der Waals surface area contributed by atoms with Crippen LogP contribution in [0.1, 0.15) is 25.7 Å². The second kappa shape index (κ2) is 5.35. The summed E-state index contributed by atoms with van der Waals surface area (Å²) < 4.78 is 0. The van der Waals surface area contributed by atoms with Gasteiger partial charge in [0.05, 0.1) is 0 Å². The summed E-state index contributed by atoms with van der Waals surface area (Å²) in [6.07, 6.45) is 4.61. The minimum atomic E-state index is 0.383. The number of nitrogens with zero attached hydrogens (tertiary/aromatic N) is 2. The molecule has 12 heavy (non-hydrogen) atoms. The van der Waals surface area contributed by atoms with E-state index in [0.29, 0.717) is 10.5 Å². The molecule has 1 aliphatic carbocycles. The summed E-state index contributed by atoms with van der Waals surface area (Å²) in [5.74, 6) is 0. The highest BCUT2D eigenvalue weighted by molar-refractivity contribution is 8.08. The topological polar surface area (TPSA) is 47.6 Å². The van der Waals surface area contributed by atoms with Crippen molar-refractivity contribution in [1.29, 1.82) is 10.5 Å². The summed E-state index contributed by atoms with van der Waals surface area (Å²) in [4.78, 5) is 0. The Morgan fingerprint density at radius 3 is 1.67 bits per heavy atom. The van der Waals surface area contributed by atoms with E-state index in [4.69, 9.17) is 10.5 Å². The number of hydrogen-bond acceptors (Lipinski definition) is 4. The Bertz CT molecular complexity index is 192. The van der Waals surface area contributed by atoms with E-state index in [-0.39, 0.29) is 0 Å². The molecule has 0 aliphatic heterocycles. The average Bonchev–Trinajstić information content (AvgIpc) is 2.09. The van der Waals surface area contributed by atoms with Gasteiger partial charge in [0.1, 0.15) is 10.8 Å². The van der Waals surface area contributed by atoms with E-state index in [0.717, 1.165) is 12.8 Å².